The second kappa shape index (κ2) is 9.24. The number of hydrogen-bond acceptors (Lipinski definition) is 3. The highest BCUT2D eigenvalue weighted by Gasteiger charge is 2.30. The molecule has 3 rings (SSSR count). The Morgan fingerprint density at radius 1 is 1.03 bits per heavy atom. The van der Waals surface area contributed by atoms with Crippen molar-refractivity contribution in [3.05, 3.63) is 93.7 Å². The molecular formula is C22H21F3N2OS. The monoisotopic (exact) mass is 418 g/mol. The van der Waals surface area contributed by atoms with Crippen molar-refractivity contribution >= 4 is 17.2 Å². The van der Waals surface area contributed by atoms with Gasteiger partial charge in [-0.1, -0.05) is 48.5 Å². The first kappa shape index (κ1) is 21.1. The second-order valence-corrected chi connectivity index (χ2v) is 7.77. The third-order valence-electron chi connectivity index (χ3n) is 4.41. The number of hydrogen-bond donors (Lipinski definition) is 1. The average molecular weight is 418 g/mol. The van der Waals surface area contributed by atoms with Gasteiger partial charge in [-0.05, 0) is 41.8 Å². The van der Waals surface area contributed by atoms with Gasteiger partial charge in [0, 0.05) is 11.4 Å². The molecule has 2 aromatic carbocycles. The Labute approximate surface area is 171 Å². The van der Waals surface area contributed by atoms with Crippen molar-refractivity contribution < 1.29 is 18.0 Å². The Bertz CT molecular complexity index is 909. The lowest BCUT2D eigenvalue weighted by Crippen LogP contribution is -2.37. The van der Waals surface area contributed by atoms with Crippen LogP contribution >= 0.6 is 11.3 Å². The molecule has 0 saturated carbocycles. The lowest BCUT2D eigenvalue weighted by molar-refractivity contribution is -0.137. The molecule has 152 valence electrons. The van der Waals surface area contributed by atoms with Crippen LogP contribution in [0, 0.1) is 0 Å². The molecule has 29 heavy (non-hydrogen) atoms. The smallest absolute Gasteiger partial charge is 0.343 e. The summed E-state index contributed by atoms with van der Waals surface area (Å²) in [4.78, 5) is 15.4. The molecule has 0 aliphatic carbocycles. The van der Waals surface area contributed by atoms with Crippen LogP contribution in [0.4, 0.5) is 13.2 Å². The Morgan fingerprint density at radius 2 is 1.72 bits per heavy atom. The van der Waals surface area contributed by atoms with Gasteiger partial charge in [0.15, 0.2) is 0 Å². The number of benzene rings is 2. The van der Waals surface area contributed by atoms with Crippen LogP contribution in [0.1, 0.15) is 27.6 Å². The standard InChI is InChI=1S/C22H21F3N2OS/c1-27(14-16-9-11-18(12-10-16)22(23,24)25)15-20(28)26-21(19-8-5-13-29-19)17-6-3-2-4-7-17/h2-13,21H,14-15H2,1H3,(H,26,28)/t21-/m1/s1. The number of amides is 1. The molecule has 1 N–H and O–H groups in total. The number of halogens is 3. The number of rotatable bonds is 7. The number of carbonyl (C=O) groups is 1. The highest BCUT2D eigenvalue weighted by Crippen LogP contribution is 2.29. The van der Waals surface area contributed by atoms with Gasteiger partial charge in [0.25, 0.3) is 0 Å². The maximum atomic E-state index is 12.7. The van der Waals surface area contributed by atoms with Crippen LogP contribution in [0.5, 0.6) is 0 Å². The molecule has 0 bridgehead atoms. The summed E-state index contributed by atoms with van der Waals surface area (Å²) < 4.78 is 38.0. The minimum Gasteiger partial charge on any atom is -0.343 e. The van der Waals surface area contributed by atoms with E-state index in [1.807, 2.05) is 47.8 Å². The van der Waals surface area contributed by atoms with Crippen molar-refractivity contribution in [3.8, 4) is 0 Å². The summed E-state index contributed by atoms with van der Waals surface area (Å²) in [5, 5.41) is 5.03. The largest absolute Gasteiger partial charge is 0.416 e. The normalized spacial score (nSPS) is 12.7. The number of thiophene rings is 1. The zero-order chi connectivity index (χ0) is 20.9. The Morgan fingerprint density at radius 3 is 2.31 bits per heavy atom. The summed E-state index contributed by atoms with van der Waals surface area (Å²) in [6, 6.07) is 18.4. The van der Waals surface area contributed by atoms with Gasteiger partial charge in [-0.2, -0.15) is 13.2 Å². The Balaban J connectivity index is 1.61. The number of nitrogens with zero attached hydrogens (tertiary/aromatic N) is 1. The van der Waals surface area contributed by atoms with E-state index in [0.29, 0.717) is 12.1 Å². The highest BCUT2D eigenvalue weighted by atomic mass is 32.1. The summed E-state index contributed by atoms with van der Waals surface area (Å²) >= 11 is 1.57. The topological polar surface area (TPSA) is 32.3 Å². The summed E-state index contributed by atoms with van der Waals surface area (Å²) in [7, 11) is 1.76. The van der Waals surface area contributed by atoms with Gasteiger partial charge in [0.05, 0.1) is 18.2 Å². The molecule has 1 heterocycles. The van der Waals surface area contributed by atoms with E-state index in [-0.39, 0.29) is 18.5 Å². The molecular weight excluding hydrogens is 397 g/mol. The van der Waals surface area contributed by atoms with Crippen molar-refractivity contribution in [1.29, 1.82) is 0 Å². The summed E-state index contributed by atoms with van der Waals surface area (Å²) in [6.45, 7) is 0.510. The quantitative estimate of drug-likeness (QED) is 0.579. The van der Waals surface area contributed by atoms with Crippen molar-refractivity contribution in [1.82, 2.24) is 10.2 Å². The molecule has 1 atom stereocenters. The van der Waals surface area contributed by atoms with Gasteiger partial charge < -0.3 is 5.32 Å². The lowest BCUT2D eigenvalue weighted by atomic mass is 10.1. The van der Waals surface area contributed by atoms with E-state index >= 15 is 0 Å². The van der Waals surface area contributed by atoms with Crippen LogP contribution < -0.4 is 5.32 Å². The SMILES string of the molecule is CN(CC(=O)N[C@H](c1ccccc1)c1cccs1)Cc1ccc(C(F)(F)F)cc1. The predicted octanol–water partition coefficient (Wildman–Crippen LogP) is 5.10. The number of carbonyl (C=O) groups excluding carboxylic acids is 1. The molecule has 1 amide bonds. The highest BCUT2D eigenvalue weighted by molar-refractivity contribution is 7.10. The molecule has 1 aromatic heterocycles. The molecule has 3 nitrogen and oxygen atoms in total. The summed E-state index contributed by atoms with van der Waals surface area (Å²) in [5.74, 6) is -0.151. The third kappa shape index (κ3) is 5.92. The molecule has 0 aliphatic heterocycles. The Kier molecular flexibility index (Phi) is 6.71. The molecule has 0 unspecified atom stereocenters. The first-order valence-corrected chi connectivity index (χ1v) is 9.93. The van der Waals surface area contributed by atoms with E-state index in [1.54, 1.807) is 23.3 Å². The van der Waals surface area contributed by atoms with E-state index in [0.717, 1.165) is 22.6 Å². The minimum absolute atomic E-state index is 0.135. The molecule has 0 fully saturated rings. The van der Waals surface area contributed by atoms with Gasteiger partial charge in [-0.3, -0.25) is 9.69 Å². The number of likely N-dealkylation sites (N-methyl/N-ethyl adjacent to an activating group) is 1. The fourth-order valence-corrected chi connectivity index (χ4v) is 3.84. The molecule has 0 spiro atoms. The summed E-state index contributed by atoms with van der Waals surface area (Å²) in [5.41, 5.74) is 1.03. The van der Waals surface area contributed by atoms with E-state index in [9.17, 15) is 18.0 Å². The fraction of sp³-hybridized carbons (Fsp3) is 0.227. The van der Waals surface area contributed by atoms with Gasteiger partial charge in [-0.25, -0.2) is 0 Å². The molecule has 0 radical (unpaired) electrons. The summed E-state index contributed by atoms with van der Waals surface area (Å²) in [6.07, 6.45) is -4.35. The maximum absolute atomic E-state index is 12.7. The fourth-order valence-electron chi connectivity index (χ4n) is 3.04. The maximum Gasteiger partial charge on any atom is 0.416 e. The van der Waals surface area contributed by atoms with Gasteiger partial charge in [0.1, 0.15) is 0 Å². The Hall–Kier alpha value is -2.64. The van der Waals surface area contributed by atoms with E-state index in [4.69, 9.17) is 0 Å². The van der Waals surface area contributed by atoms with Crippen LogP contribution in [-0.2, 0) is 17.5 Å². The van der Waals surface area contributed by atoms with E-state index in [1.165, 1.54) is 12.1 Å². The van der Waals surface area contributed by atoms with Crippen LogP contribution in [0.15, 0.2) is 72.1 Å². The van der Waals surface area contributed by atoms with Crippen LogP contribution in [0.3, 0.4) is 0 Å². The number of alkyl halides is 3. The van der Waals surface area contributed by atoms with Gasteiger partial charge in [-0.15, -0.1) is 11.3 Å². The van der Waals surface area contributed by atoms with Crippen LogP contribution in [0.2, 0.25) is 0 Å². The van der Waals surface area contributed by atoms with E-state index in [2.05, 4.69) is 5.32 Å². The van der Waals surface area contributed by atoms with Gasteiger partial charge in [0.2, 0.25) is 5.91 Å². The predicted molar refractivity (Wildman–Crippen MR) is 109 cm³/mol. The molecule has 0 saturated heterocycles. The first-order chi connectivity index (χ1) is 13.8. The van der Waals surface area contributed by atoms with Crippen molar-refractivity contribution in [2.75, 3.05) is 13.6 Å². The number of nitrogens with one attached hydrogen (secondary N) is 1. The second-order valence-electron chi connectivity index (χ2n) is 6.79. The van der Waals surface area contributed by atoms with Crippen molar-refractivity contribution in [2.24, 2.45) is 0 Å². The van der Waals surface area contributed by atoms with E-state index < -0.39 is 11.7 Å². The zero-order valence-corrected chi connectivity index (χ0v) is 16.6. The van der Waals surface area contributed by atoms with Gasteiger partial charge >= 0.3 is 6.18 Å². The zero-order valence-electron chi connectivity index (χ0n) is 15.8. The average Bonchev–Trinajstić information content (AvgIpc) is 3.21. The molecule has 0 aliphatic rings. The van der Waals surface area contributed by atoms with Crippen molar-refractivity contribution in [3.63, 3.8) is 0 Å². The van der Waals surface area contributed by atoms with Crippen LogP contribution in [0.25, 0.3) is 0 Å². The van der Waals surface area contributed by atoms with Crippen LogP contribution in [-0.4, -0.2) is 24.4 Å². The first-order valence-electron chi connectivity index (χ1n) is 9.05. The molecule has 3 aromatic rings. The van der Waals surface area contributed by atoms with Crippen molar-refractivity contribution in [2.45, 2.75) is 18.8 Å². The molecule has 7 heteroatoms. The third-order valence-corrected chi connectivity index (χ3v) is 5.35. The minimum atomic E-state index is -4.35. The lowest BCUT2D eigenvalue weighted by Gasteiger charge is -2.21.